The molecule has 1 aromatic heterocycles. The van der Waals surface area contributed by atoms with E-state index >= 15 is 0 Å². The second kappa shape index (κ2) is 6.47. The van der Waals surface area contributed by atoms with Gasteiger partial charge in [0.05, 0.1) is 0 Å². The van der Waals surface area contributed by atoms with Gasteiger partial charge in [-0.05, 0) is 38.0 Å². The molecule has 0 spiro atoms. The zero-order valence-corrected chi connectivity index (χ0v) is 12.6. The average Bonchev–Trinajstić information content (AvgIpc) is 2.81. The summed E-state index contributed by atoms with van der Waals surface area (Å²) in [4.78, 5) is 12.2. The smallest absolute Gasteiger partial charge is 0.248 e. The summed E-state index contributed by atoms with van der Waals surface area (Å²) in [5.41, 5.74) is 2.10. The van der Waals surface area contributed by atoms with Gasteiger partial charge in [0, 0.05) is 5.69 Å². The van der Waals surface area contributed by atoms with Crippen molar-refractivity contribution < 1.29 is 4.79 Å². The third-order valence-corrected chi connectivity index (χ3v) is 3.59. The minimum atomic E-state index is -0.291. The van der Waals surface area contributed by atoms with Gasteiger partial charge >= 0.3 is 0 Å². The summed E-state index contributed by atoms with van der Waals surface area (Å²) in [6.45, 7) is 5.85. The summed E-state index contributed by atoms with van der Waals surface area (Å²) in [5.74, 6) is -0.0924. The Hall–Kier alpha value is -1.95. The Kier molecular flexibility index (Phi) is 4.68. The summed E-state index contributed by atoms with van der Waals surface area (Å²) in [5, 5.41) is 15.2. The van der Waals surface area contributed by atoms with Crippen molar-refractivity contribution in [2.24, 2.45) is 0 Å². The maximum Gasteiger partial charge on any atom is 0.248 e. The van der Waals surface area contributed by atoms with Crippen molar-refractivity contribution in [2.75, 3.05) is 10.6 Å². The first kappa shape index (κ1) is 14.5. The number of nitrogens with one attached hydrogen (secondary N) is 2. The van der Waals surface area contributed by atoms with Crippen LogP contribution in [0.3, 0.4) is 0 Å². The molecule has 0 aliphatic carbocycles. The third kappa shape index (κ3) is 3.77. The first-order valence-electron chi connectivity index (χ1n) is 6.52. The van der Waals surface area contributed by atoms with E-state index in [1.807, 2.05) is 45.0 Å². The highest BCUT2D eigenvalue weighted by Crippen LogP contribution is 2.16. The fourth-order valence-electron chi connectivity index (χ4n) is 1.83. The van der Waals surface area contributed by atoms with Crippen molar-refractivity contribution in [1.82, 2.24) is 10.2 Å². The lowest BCUT2D eigenvalue weighted by atomic mass is 10.1. The summed E-state index contributed by atoms with van der Waals surface area (Å²) in [6.07, 6.45) is 0.692. The van der Waals surface area contributed by atoms with E-state index in [1.54, 1.807) is 0 Å². The van der Waals surface area contributed by atoms with Crippen LogP contribution in [0.2, 0.25) is 0 Å². The van der Waals surface area contributed by atoms with Gasteiger partial charge in [0.2, 0.25) is 11.0 Å². The molecule has 20 heavy (non-hydrogen) atoms. The van der Waals surface area contributed by atoms with Crippen LogP contribution in [0.15, 0.2) is 24.3 Å². The summed E-state index contributed by atoms with van der Waals surface area (Å²) >= 11 is 1.37. The standard InChI is InChI=1S/C14H18N4OS/c1-4-12(15-11-7-5-6-9(2)8-11)13(19)16-14-18-17-10(3)20-14/h5-8,12,15H,4H2,1-3H3,(H,16,18,19)/t12-/m0/s1. The molecule has 2 N–H and O–H groups in total. The molecule has 0 saturated heterocycles. The van der Waals surface area contributed by atoms with E-state index < -0.39 is 0 Å². The van der Waals surface area contributed by atoms with E-state index in [0.717, 1.165) is 16.3 Å². The number of rotatable bonds is 5. The van der Waals surface area contributed by atoms with Crippen LogP contribution in [0.25, 0.3) is 0 Å². The Morgan fingerprint density at radius 2 is 2.15 bits per heavy atom. The van der Waals surface area contributed by atoms with Gasteiger partial charge in [-0.1, -0.05) is 30.4 Å². The number of aryl methyl sites for hydroxylation is 2. The number of amides is 1. The molecule has 6 heteroatoms. The topological polar surface area (TPSA) is 66.9 Å². The number of nitrogens with zero attached hydrogens (tertiary/aromatic N) is 2. The molecule has 0 aliphatic heterocycles. The average molecular weight is 290 g/mol. The van der Waals surface area contributed by atoms with Crippen molar-refractivity contribution in [3.8, 4) is 0 Å². The van der Waals surface area contributed by atoms with E-state index in [0.29, 0.717) is 11.6 Å². The molecule has 0 aliphatic rings. The van der Waals surface area contributed by atoms with Crippen LogP contribution in [0.4, 0.5) is 10.8 Å². The molecule has 2 rings (SSSR count). The van der Waals surface area contributed by atoms with Gasteiger partial charge in [0.25, 0.3) is 0 Å². The normalized spacial score (nSPS) is 11.9. The Morgan fingerprint density at radius 3 is 2.75 bits per heavy atom. The number of anilines is 2. The van der Waals surface area contributed by atoms with Crippen molar-refractivity contribution in [3.05, 3.63) is 34.8 Å². The lowest BCUT2D eigenvalue weighted by Gasteiger charge is -2.17. The maximum absolute atomic E-state index is 12.2. The van der Waals surface area contributed by atoms with Gasteiger partial charge in [0.15, 0.2) is 0 Å². The van der Waals surface area contributed by atoms with E-state index in [2.05, 4.69) is 20.8 Å². The van der Waals surface area contributed by atoms with Crippen molar-refractivity contribution in [3.63, 3.8) is 0 Å². The van der Waals surface area contributed by atoms with E-state index in [4.69, 9.17) is 0 Å². The largest absolute Gasteiger partial charge is 0.374 e. The Morgan fingerprint density at radius 1 is 1.35 bits per heavy atom. The molecule has 0 radical (unpaired) electrons. The lowest BCUT2D eigenvalue weighted by Crippen LogP contribution is -2.34. The molecule has 1 atom stereocenters. The van der Waals surface area contributed by atoms with Crippen LogP contribution in [0, 0.1) is 13.8 Å². The van der Waals surface area contributed by atoms with E-state index in [-0.39, 0.29) is 11.9 Å². The Balaban J connectivity index is 2.02. The molecule has 0 unspecified atom stereocenters. The highest BCUT2D eigenvalue weighted by Gasteiger charge is 2.17. The predicted octanol–water partition coefficient (Wildman–Crippen LogP) is 2.98. The first-order valence-corrected chi connectivity index (χ1v) is 7.34. The zero-order chi connectivity index (χ0) is 14.5. The van der Waals surface area contributed by atoms with Gasteiger partial charge in [-0.3, -0.25) is 10.1 Å². The second-order valence-corrected chi connectivity index (χ2v) is 5.77. The number of hydrogen-bond acceptors (Lipinski definition) is 5. The van der Waals surface area contributed by atoms with Crippen LogP contribution in [-0.4, -0.2) is 22.1 Å². The van der Waals surface area contributed by atoms with Crippen molar-refractivity contribution >= 4 is 28.1 Å². The van der Waals surface area contributed by atoms with Crippen molar-refractivity contribution in [2.45, 2.75) is 33.2 Å². The van der Waals surface area contributed by atoms with Gasteiger partial charge in [0.1, 0.15) is 11.0 Å². The Labute approximate surface area is 122 Å². The molecule has 0 bridgehead atoms. The first-order chi connectivity index (χ1) is 9.58. The van der Waals surface area contributed by atoms with Crippen molar-refractivity contribution in [1.29, 1.82) is 0 Å². The van der Waals surface area contributed by atoms with E-state index in [9.17, 15) is 4.79 Å². The molecule has 2 aromatic rings. The highest BCUT2D eigenvalue weighted by molar-refractivity contribution is 7.15. The van der Waals surface area contributed by atoms with Crippen LogP contribution in [-0.2, 0) is 4.79 Å². The molecule has 1 heterocycles. The van der Waals surface area contributed by atoms with Gasteiger partial charge in [-0.15, -0.1) is 10.2 Å². The van der Waals surface area contributed by atoms with Gasteiger partial charge < -0.3 is 5.32 Å². The fourth-order valence-corrected chi connectivity index (χ4v) is 2.42. The number of benzene rings is 1. The fraction of sp³-hybridized carbons (Fsp3) is 0.357. The minimum absolute atomic E-state index is 0.0924. The highest BCUT2D eigenvalue weighted by atomic mass is 32.1. The number of carbonyl (C=O) groups excluding carboxylic acids is 1. The van der Waals surface area contributed by atoms with Crippen LogP contribution < -0.4 is 10.6 Å². The molecule has 106 valence electrons. The molecule has 0 fully saturated rings. The molecular weight excluding hydrogens is 272 g/mol. The molecule has 5 nitrogen and oxygen atoms in total. The van der Waals surface area contributed by atoms with E-state index in [1.165, 1.54) is 11.3 Å². The maximum atomic E-state index is 12.2. The van der Waals surface area contributed by atoms with Gasteiger partial charge in [-0.2, -0.15) is 0 Å². The molecule has 1 amide bonds. The zero-order valence-electron chi connectivity index (χ0n) is 11.8. The number of aromatic nitrogens is 2. The molecule has 0 saturated carbocycles. The molecular formula is C14H18N4OS. The SMILES string of the molecule is CC[C@H](Nc1cccc(C)c1)C(=O)Nc1nnc(C)s1. The quantitative estimate of drug-likeness (QED) is 0.888. The minimum Gasteiger partial charge on any atom is -0.374 e. The Bertz CT molecular complexity index is 596. The number of hydrogen-bond donors (Lipinski definition) is 2. The van der Waals surface area contributed by atoms with Gasteiger partial charge in [-0.25, -0.2) is 0 Å². The lowest BCUT2D eigenvalue weighted by molar-refractivity contribution is -0.117. The third-order valence-electron chi connectivity index (χ3n) is 2.84. The monoisotopic (exact) mass is 290 g/mol. The van der Waals surface area contributed by atoms with Crippen LogP contribution >= 0.6 is 11.3 Å². The predicted molar refractivity (Wildman–Crippen MR) is 82.2 cm³/mol. The summed E-state index contributed by atoms with van der Waals surface area (Å²) in [6, 6.07) is 7.68. The summed E-state index contributed by atoms with van der Waals surface area (Å²) in [7, 11) is 0. The number of carbonyl (C=O) groups is 1. The van der Waals surface area contributed by atoms with Crippen LogP contribution in [0.5, 0.6) is 0 Å². The second-order valence-electron chi connectivity index (χ2n) is 4.59. The molecule has 1 aromatic carbocycles. The van der Waals surface area contributed by atoms with Crippen LogP contribution in [0.1, 0.15) is 23.9 Å². The summed E-state index contributed by atoms with van der Waals surface area (Å²) < 4.78 is 0.